The van der Waals surface area contributed by atoms with Gasteiger partial charge in [0.25, 0.3) is 10.0 Å². The number of halogens is 3. The second kappa shape index (κ2) is 6.94. The Morgan fingerprint density at radius 2 is 1.80 bits per heavy atom. The predicted molar refractivity (Wildman–Crippen MR) is 101 cm³/mol. The number of anilines is 1. The number of hydrogen-bond acceptors (Lipinski definition) is 5. The molecular weight excluding hydrogens is 423 g/mol. The quantitative estimate of drug-likeness (QED) is 0.619. The van der Waals surface area contributed by atoms with Crippen molar-refractivity contribution in [2.24, 2.45) is 0 Å². The lowest BCUT2D eigenvalue weighted by atomic mass is 10.3. The highest BCUT2D eigenvalue weighted by atomic mass is 32.2. The number of benzene rings is 2. The Hall–Kier alpha value is -3.21. The normalized spacial score (nSPS) is 13.5. The fourth-order valence-corrected chi connectivity index (χ4v) is 4.26. The van der Waals surface area contributed by atoms with Gasteiger partial charge < -0.3 is 9.47 Å². The van der Waals surface area contributed by atoms with Gasteiger partial charge in [-0.25, -0.2) is 13.1 Å². The molecule has 0 unspecified atom stereocenters. The highest BCUT2D eigenvalue weighted by molar-refractivity contribution is 7.92. The van der Waals surface area contributed by atoms with E-state index in [1.54, 1.807) is 12.1 Å². The van der Waals surface area contributed by atoms with Crippen molar-refractivity contribution >= 4 is 15.7 Å². The molecule has 0 bridgehead atoms. The topological polar surface area (TPSA) is 73.7 Å². The van der Waals surface area contributed by atoms with Crippen LogP contribution >= 0.6 is 0 Å². The van der Waals surface area contributed by atoms with Gasteiger partial charge in [-0.1, -0.05) is 6.07 Å². The molecule has 0 spiro atoms. The van der Waals surface area contributed by atoms with E-state index in [9.17, 15) is 21.6 Å². The van der Waals surface area contributed by atoms with E-state index in [0.717, 1.165) is 15.1 Å². The summed E-state index contributed by atoms with van der Waals surface area (Å²) < 4.78 is 77.7. The van der Waals surface area contributed by atoms with E-state index in [1.807, 2.05) is 0 Å². The molecule has 2 aromatic carbocycles. The summed E-state index contributed by atoms with van der Waals surface area (Å²) in [7, 11) is -2.63. The summed E-state index contributed by atoms with van der Waals surface area (Å²) >= 11 is 0. The van der Waals surface area contributed by atoms with Crippen molar-refractivity contribution in [1.29, 1.82) is 0 Å². The first kappa shape index (κ1) is 20.1. The van der Waals surface area contributed by atoms with Gasteiger partial charge in [0.15, 0.2) is 17.2 Å². The van der Waals surface area contributed by atoms with Crippen LogP contribution < -0.4 is 13.8 Å². The van der Waals surface area contributed by atoms with Crippen molar-refractivity contribution in [3.63, 3.8) is 0 Å². The smallest absolute Gasteiger partial charge is 0.435 e. The minimum Gasteiger partial charge on any atom is -0.454 e. The molecule has 0 saturated heterocycles. The molecule has 2 heterocycles. The number of ether oxygens (including phenoxy) is 2. The highest BCUT2D eigenvalue weighted by Gasteiger charge is 2.34. The zero-order valence-electron chi connectivity index (χ0n) is 15.8. The van der Waals surface area contributed by atoms with E-state index in [4.69, 9.17) is 9.47 Å². The van der Waals surface area contributed by atoms with Gasteiger partial charge >= 0.3 is 6.18 Å². The predicted octanol–water partition coefficient (Wildman–Crippen LogP) is 3.75. The van der Waals surface area contributed by atoms with Gasteiger partial charge in [0, 0.05) is 18.8 Å². The Balaban J connectivity index is 1.70. The monoisotopic (exact) mass is 439 g/mol. The number of sulfonamides is 1. The van der Waals surface area contributed by atoms with Crippen molar-refractivity contribution < 1.29 is 31.1 Å². The molecule has 0 aliphatic carbocycles. The van der Waals surface area contributed by atoms with E-state index < -0.39 is 21.9 Å². The molecule has 0 saturated carbocycles. The Bertz CT molecular complexity index is 1220. The van der Waals surface area contributed by atoms with Gasteiger partial charge in [-0.15, -0.1) is 0 Å². The summed E-state index contributed by atoms with van der Waals surface area (Å²) in [6, 6.07) is 11.2. The molecule has 30 heavy (non-hydrogen) atoms. The molecule has 3 aromatic rings. The molecule has 1 aliphatic rings. The number of alkyl halides is 3. The average Bonchev–Trinajstić information content (AvgIpc) is 3.33. The van der Waals surface area contributed by atoms with Crippen LogP contribution in [0, 0.1) is 6.92 Å². The van der Waals surface area contributed by atoms with Crippen LogP contribution in [0.25, 0.3) is 5.69 Å². The summed E-state index contributed by atoms with van der Waals surface area (Å²) in [5, 5.41) is 3.57. The Morgan fingerprint density at radius 3 is 2.50 bits per heavy atom. The maximum absolute atomic E-state index is 13.1. The first-order chi connectivity index (χ1) is 14.1. The Morgan fingerprint density at radius 1 is 1.07 bits per heavy atom. The second-order valence-corrected chi connectivity index (χ2v) is 8.56. The van der Waals surface area contributed by atoms with E-state index in [-0.39, 0.29) is 23.1 Å². The van der Waals surface area contributed by atoms with Gasteiger partial charge in [-0.3, -0.25) is 4.31 Å². The third-order valence-electron chi connectivity index (χ3n) is 4.62. The SMILES string of the molecule is Cc1cc(C(F)(F)F)nn1-c1cccc(S(=O)(=O)N(C)c2ccc3c(c2)OCO3)c1. The van der Waals surface area contributed by atoms with Crippen LogP contribution in [0.15, 0.2) is 53.4 Å². The zero-order chi connectivity index (χ0) is 21.7. The van der Waals surface area contributed by atoms with Crippen molar-refractivity contribution in [2.75, 3.05) is 18.1 Å². The molecule has 158 valence electrons. The number of hydrogen-bond donors (Lipinski definition) is 0. The van der Waals surface area contributed by atoms with Crippen LogP contribution in [0.1, 0.15) is 11.4 Å². The number of fused-ring (bicyclic) bond motifs is 1. The fraction of sp³-hybridized carbons (Fsp3) is 0.211. The molecule has 1 aromatic heterocycles. The first-order valence-electron chi connectivity index (χ1n) is 8.70. The summed E-state index contributed by atoms with van der Waals surface area (Å²) in [5.74, 6) is 0.941. The lowest BCUT2D eigenvalue weighted by Gasteiger charge is -2.20. The molecule has 0 radical (unpaired) electrons. The van der Waals surface area contributed by atoms with Gasteiger partial charge in [0.05, 0.1) is 16.3 Å². The van der Waals surface area contributed by atoms with Crippen molar-refractivity contribution in [3.8, 4) is 17.2 Å². The maximum atomic E-state index is 13.1. The zero-order valence-corrected chi connectivity index (χ0v) is 16.7. The standard InChI is InChI=1S/C19H16F3N3O4S/c1-12-8-18(19(20,21)22)23-25(12)14-4-3-5-15(9-14)30(26,27)24(2)13-6-7-16-17(10-13)29-11-28-16/h3-10H,11H2,1-2H3. The van der Waals surface area contributed by atoms with Gasteiger partial charge in [-0.2, -0.15) is 18.3 Å². The summed E-state index contributed by atoms with van der Waals surface area (Å²) in [6.07, 6.45) is -4.60. The van der Waals surface area contributed by atoms with E-state index in [1.165, 1.54) is 44.3 Å². The third kappa shape index (κ3) is 3.45. The summed E-state index contributed by atoms with van der Waals surface area (Å²) in [4.78, 5) is -0.0939. The highest BCUT2D eigenvalue weighted by Crippen LogP contribution is 2.36. The van der Waals surface area contributed by atoms with Crippen LogP contribution in [0.3, 0.4) is 0 Å². The van der Waals surface area contributed by atoms with Gasteiger partial charge in [-0.05, 0) is 43.3 Å². The summed E-state index contributed by atoms with van der Waals surface area (Å²) in [5.41, 5.74) is -0.283. The van der Waals surface area contributed by atoms with Gasteiger partial charge in [0.2, 0.25) is 6.79 Å². The van der Waals surface area contributed by atoms with E-state index in [2.05, 4.69) is 5.10 Å². The molecule has 0 fully saturated rings. The molecule has 7 nitrogen and oxygen atoms in total. The van der Waals surface area contributed by atoms with Crippen molar-refractivity contribution in [1.82, 2.24) is 9.78 Å². The lowest BCUT2D eigenvalue weighted by molar-refractivity contribution is -0.141. The third-order valence-corrected chi connectivity index (χ3v) is 6.40. The van der Waals surface area contributed by atoms with E-state index >= 15 is 0 Å². The molecule has 4 rings (SSSR count). The molecule has 0 atom stereocenters. The molecule has 0 N–H and O–H groups in total. The number of nitrogens with zero attached hydrogens (tertiary/aromatic N) is 3. The first-order valence-corrected chi connectivity index (χ1v) is 10.1. The van der Waals surface area contributed by atoms with Crippen LogP contribution in [-0.4, -0.2) is 32.0 Å². The molecule has 0 amide bonds. The molecule has 1 aliphatic heterocycles. The number of aryl methyl sites for hydroxylation is 1. The Labute approximate surface area is 170 Å². The molecular formula is C19H16F3N3O4S. The van der Waals surface area contributed by atoms with Crippen LogP contribution in [0.4, 0.5) is 18.9 Å². The maximum Gasteiger partial charge on any atom is 0.435 e. The van der Waals surface area contributed by atoms with Crippen LogP contribution in [0.5, 0.6) is 11.5 Å². The van der Waals surface area contributed by atoms with Crippen LogP contribution in [0.2, 0.25) is 0 Å². The van der Waals surface area contributed by atoms with E-state index in [0.29, 0.717) is 17.2 Å². The molecule has 11 heteroatoms. The Kier molecular flexibility index (Phi) is 4.64. The fourth-order valence-electron chi connectivity index (χ4n) is 3.03. The minimum atomic E-state index is -4.60. The van der Waals surface area contributed by atoms with Crippen molar-refractivity contribution in [3.05, 3.63) is 59.9 Å². The average molecular weight is 439 g/mol. The number of aromatic nitrogens is 2. The second-order valence-electron chi connectivity index (χ2n) is 6.59. The van der Waals surface area contributed by atoms with Crippen LogP contribution in [-0.2, 0) is 16.2 Å². The lowest BCUT2D eigenvalue weighted by Crippen LogP contribution is -2.26. The number of rotatable bonds is 4. The van der Waals surface area contributed by atoms with Crippen molar-refractivity contribution in [2.45, 2.75) is 18.0 Å². The minimum absolute atomic E-state index is 0.0560. The largest absolute Gasteiger partial charge is 0.454 e. The van der Waals surface area contributed by atoms with Gasteiger partial charge in [0.1, 0.15) is 0 Å². The summed E-state index contributed by atoms with van der Waals surface area (Å²) in [6.45, 7) is 1.52.